The van der Waals surface area contributed by atoms with Crippen LogP contribution in [0.1, 0.15) is 36.0 Å². The van der Waals surface area contributed by atoms with Gasteiger partial charge in [-0.05, 0) is 18.6 Å². The fourth-order valence-corrected chi connectivity index (χ4v) is 2.65. The minimum absolute atomic E-state index is 0.107. The van der Waals surface area contributed by atoms with Gasteiger partial charge in [0.15, 0.2) is 5.82 Å². The van der Waals surface area contributed by atoms with E-state index >= 15 is 0 Å². The van der Waals surface area contributed by atoms with Gasteiger partial charge < -0.3 is 14.6 Å². The lowest BCUT2D eigenvalue weighted by Crippen LogP contribution is -2.28. The lowest BCUT2D eigenvalue weighted by atomic mass is 10.2. The topological polar surface area (TPSA) is 71.3 Å². The van der Waals surface area contributed by atoms with Gasteiger partial charge in [0.05, 0.1) is 12.8 Å². The van der Waals surface area contributed by atoms with Crippen LogP contribution in [0.2, 0.25) is 0 Å². The van der Waals surface area contributed by atoms with Crippen LogP contribution < -0.4 is 5.32 Å². The first-order chi connectivity index (χ1) is 13.2. The summed E-state index contributed by atoms with van der Waals surface area (Å²) < 4.78 is 5.35. The molecule has 1 amide bonds. The zero-order valence-corrected chi connectivity index (χ0v) is 15.7. The molecule has 140 valence electrons. The van der Waals surface area contributed by atoms with Gasteiger partial charge in [-0.1, -0.05) is 43.7 Å². The molecule has 0 aliphatic carbocycles. The van der Waals surface area contributed by atoms with Gasteiger partial charge in [0.1, 0.15) is 17.3 Å². The molecule has 0 spiro atoms. The van der Waals surface area contributed by atoms with Crippen LogP contribution >= 0.6 is 0 Å². The molecule has 27 heavy (non-hydrogen) atoms. The normalized spacial score (nSPS) is 10.6. The van der Waals surface area contributed by atoms with Gasteiger partial charge in [-0.15, -0.1) is 0 Å². The number of unbranched alkanes of at least 4 members (excludes halogenated alkanes) is 1. The molecule has 0 aliphatic heterocycles. The molecule has 2 aromatic heterocycles. The molecule has 1 N–H and O–H groups in total. The van der Waals surface area contributed by atoms with Crippen LogP contribution in [0.25, 0.3) is 11.4 Å². The summed E-state index contributed by atoms with van der Waals surface area (Å²) in [5.41, 5.74) is 1.24. The molecule has 0 atom stereocenters. The van der Waals surface area contributed by atoms with Gasteiger partial charge in [-0.2, -0.15) is 0 Å². The van der Waals surface area contributed by atoms with Crippen LogP contribution in [-0.4, -0.2) is 34.4 Å². The van der Waals surface area contributed by atoms with Gasteiger partial charge in [0.2, 0.25) is 0 Å². The quantitative estimate of drug-likeness (QED) is 0.648. The molecule has 0 saturated heterocycles. The summed E-state index contributed by atoms with van der Waals surface area (Å²) >= 11 is 0. The van der Waals surface area contributed by atoms with Gasteiger partial charge in [-0.25, -0.2) is 9.97 Å². The van der Waals surface area contributed by atoms with Crippen LogP contribution in [0, 0.1) is 0 Å². The summed E-state index contributed by atoms with van der Waals surface area (Å²) in [4.78, 5) is 23.6. The number of amides is 1. The zero-order valence-electron chi connectivity index (χ0n) is 15.7. The Kier molecular flexibility index (Phi) is 6.20. The van der Waals surface area contributed by atoms with Crippen LogP contribution in [0.4, 0.5) is 5.82 Å². The Balaban J connectivity index is 1.89. The number of nitrogens with one attached hydrogen (secondary N) is 1. The number of nitrogens with zero attached hydrogens (tertiary/aromatic N) is 3. The molecule has 0 saturated carbocycles. The lowest BCUT2D eigenvalue weighted by Gasteiger charge is -2.17. The highest BCUT2D eigenvalue weighted by atomic mass is 16.3. The van der Waals surface area contributed by atoms with E-state index in [0.29, 0.717) is 30.4 Å². The van der Waals surface area contributed by atoms with Crippen molar-refractivity contribution in [1.29, 1.82) is 0 Å². The van der Waals surface area contributed by atoms with Crippen molar-refractivity contribution < 1.29 is 9.21 Å². The van der Waals surface area contributed by atoms with E-state index in [1.807, 2.05) is 42.5 Å². The summed E-state index contributed by atoms with van der Waals surface area (Å²) in [6.45, 7) is 3.29. The Bertz CT molecular complexity index is 863. The van der Waals surface area contributed by atoms with Crippen molar-refractivity contribution in [2.45, 2.75) is 26.3 Å². The van der Waals surface area contributed by atoms with E-state index in [1.165, 1.54) is 0 Å². The third-order valence-electron chi connectivity index (χ3n) is 4.19. The Labute approximate surface area is 159 Å². The van der Waals surface area contributed by atoms with E-state index in [4.69, 9.17) is 4.42 Å². The minimum atomic E-state index is -0.107. The largest absolute Gasteiger partial charge is 0.467 e. The molecule has 3 aromatic rings. The standard InChI is InChI=1S/C21H24N4O2/c1-3-4-12-25(2)21(26)18-14-19(22-15-17-11-8-13-27-17)24-20(23-18)16-9-6-5-7-10-16/h5-11,13-14H,3-4,12,15H2,1-2H3,(H,22,23,24). The van der Waals surface area contributed by atoms with Crippen LogP contribution in [0.3, 0.4) is 0 Å². The molecule has 3 rings (SSSR count). The van der Waals surface area contributed by atoms with E-state index in [1.54, 1.807) is 24.3 Å². The van der Waals surface area contributed by atoms with Gasteiger partial charge in [0.25, 0.3) is 5.91 Å². The van der Waals surface area contributed by atoms with Crippen molar-refractivity contribution in [1.82, 2.24) is 14.9 Å². The Hall–Kier alpha value is -3.15. The van der Waals surface area contributed by atoms with E-state index in [0.717, 1.165) is 24.2 Å². The number of carbonyl (C=O) groups excluding carboxylic acids is 1. The molecule has 6 heteroatoms. The van der Waals surface area contributed by atoms with Crippen molar-refractivity contribution in [3.8, 4) is 11.4 Å². The lowest BCUT2D eigenvalue weighted by molar-refractivity contribution is 0.0787. The second-order valence-corrected chi connectivity index (χ2v) is 6.34. The zero-order chi connectivity index (χ0) is 19.1. The summed E-state index contributed by atoms with van der Waals surface area (Å²) in [5.74, 6) is 1.80. The monoisotopic (exact) mass is 364 g/mol. The molecule has 0 aliphatic rings. The van der Waals surface area contributed by atoms with Crippen molar-refractivity contribution in [3.63, 3.8) is 0 Å². The Morgan fingerprint density at radius 3 is 2.67 bits per heavy atom. The van der Waals surface area contributed by atoms with E-state index < -0.39 is 0 Å². The molecule has 0 bridgehead atoms. The summed E-state index contributed by atoms with van der Waals surface area (Å²) in [6.07, 6.45) is 3.62. The third kappa shape index (κ3) is 4.94. The highest BCUT2D eigenvalue weighted by Crippen LogP contribution is 2.19. The molecule has 0 radical (unpaired) electrons. The van der Waals surface area contributed by atoms with Gasteiger partial charge in [0, 0.05) is 25.2 Å². The number of anilines is 1. The number of carbonyl (C=O) groups is 1. The maximum Gasteiger partial charge on any atom is 0.272 e. The first-order valence-corrected chi connectivity index (χ1v) is 9.13. The second kappa shape index (κ2) is 8.98. The van der Waals surface area contributed by atoms with Crippen LogP contribution in [0.15, 0.2) is 59.2 Å². The number of benzene rings is 1. The SMILES string of the molecule is CCCCN(C)C(=O)c1cc(NCc2ccco2)nc(-c2ccccc2)n1. The van der Waals surface area contributed by atoms with Crippen molar-refractivity contribution >= 4 is 11.7 Å². The van der Waals surface area contributed by atoms with E-state index in [9.17, 15) is 4.79 Å². The minimum Gasteiger partial charge on any atom is -0.467 e. The maximum atomic E-state index is 12.8. The number of hydrogen-bond acceptors (Lipinski definition) is 5. The first-order valence-electron chi connectivity index (χ1n) is 9.13. The summed E-state index contributed by atoms with van der Waals surface area (Å²) in [7, 11) is 1.80. The smallest absolute Gasteiger partial charge is 0.272 e. The van der Waals surface area contributed by atoms with Gasteiger partial charge in [-0.3, -0.25) is 4.79 Å². The predicted octanol–water partition coefficient (Wildman–Crippen LogP) is 4.22. The number of hydrogen-bond donors (Lipinski definition) is 1. The van der Waals surface area contributed by atoms with Crippen molar-refractivity contribution in [2.75, 3.05) is 18.9 Å². The molecule has 0 unspecified atom stereocenters. The number of furan rings is 1. The Morgan fingerprint density at radius 2 is 1.96 bits per heavy atom. The van der Waals surface area contributed by atoms with Crippen molar-refractivity contribution in [2.24, 2.45) is 0 Å². The third-order valence-corrected chi connectivity index (χ3v) is 4.19. The summed E-state index contributed by atoms with van der Waals surface area (Å²) in [6, 6.07) is 15.1. The first kappa shape index (κ1) is 18.6. The highest BCUT2D eigenvalue weighted by molar-refractivity contribution is 5.93. The Morgan fingerprint density at radius 1 is 1.15 bits per heavy atom. The number of aromatic nitrogens is 2. The van der Waals surface area contributed by atoms with Crippen molar-refractivity contribution in [3.05, 3.63) is 66.2 Å². The van der Waals surface area contributed by atoms with Crippen LogP contribution in [0.5, 0.6) is 0 Å². The molecule has 6 nitrogen and oxygen atoms in total. The van der Waals surface area contributed by atoms with Crippen LogP contribution in [-0.2, 0) is 6.54 Å². The summed E-state index contributed by atoms with van der Waals surface area (Å²) in [5, 5.41) is 3.22. The number of rotatable bonds is 8. The molecule has 0 fully saturated rings. The van der Waals surface area contributed by atoms with E-state index in [-0.39, 0.29) is 5.91 Å². The fourth-order valence-electron chi connectivity index (χ4n) is 2.65. The molecule has 1 aromatic carbocycles. The average Bonchev–Trinajstić information content (AvgIpc) is 3.24. The molecular weight excluding hydrogens is 340 g/mol. The molecule has 2 heterocycles. The van der Waals surface area contributed by atoms with E-state index in [2.05, 4.69) is 22.2 Å². The van der Waals surface area contributed by atoms with Gasteiger partial charge >= 0.3 is 0 Å². The fraction of sp³-hybridized carbons (Fsp3) is 0.286. The second-order valence-electron chi connectivity index (χ2n) is 6.34. The maximum absolute atomic E-state index is 12.8. The predicted molar refractivity (Wildman–Crippen MR) is 105 cm³/mol. The molecular formula is C21H24N4O2. The highest BCUT2D eigenvalue weighted by Gasteiger charge is 2.16. The average molecular weight is 364 g/mol.